The number of thiazole rings is 1. The normalized spacial score (nSPS) is 13.4. The molecule has 0 aliphatic carbocycles. The highest BCUT2D eigenvalue weighted by molar-refractivity contribution is 7.14. The summed E-state index contributed by atoms with van der Waals surface area (Å²) < 4.78 is 13.5. The zero-order chi connectivity index (χ0) is 18.1. The molecule has 3 aromatic rings. The third-order valence-corrected chi connectivity index (χ3v) is 5.39. The van der Waals surface area contributed by atoms with Gasteiger partial charge in [-0.25, -0.2) is 9.37 Å². The molecule has 1 amide bonds. The van der Waals surface area contributed by atoms with Gasteiger partial charge in [-0.1, -0.05) is 12.1 Å². The first kappa shape index (κ1) is 16.7. The predicted molar refractivity (Wildman–Crippen MR) is 103 cm³/mol. The fraction of sp³-hybridized carbons (Fsp3) is 0.200. The molecule has 0 saturated carbocycles. The summed E-state index contributed by atoms with van der Waals surface area (Å²) in [6.07, 6.45) is 1.80. The van der Waals surface area contributed by atoms with Crippen LogP contribution < -0.4 is 10.2 Å². The topological polar surface area (TPSA) is 45.2 Å². The van der Waals surface area contributed by atoms with E-state index in [1.165, 1.54) is 12.1 Å². The van der Waals surface area contributed by atoms with Crippen LogP contribution in [0.3, 0.4) is 0 Å². The Hall–Kier alpha value is -2.73. The number of nitrogens with one attached hydrogen (secondary N) is 1. The summed E-state index contributed by atoms with van der Waals surface area (Å²) in [5.41, 5.74) is 4.37. The number of benzene rings is 2. The molecule has 1 aliphatic rings. The number of nitrogens with zero attached hydrogens (tertiary/aromatic N) is 2. The number of aromatic nitrogens is 1. The second-order valence-corrected chi connectivity index (χ2v) is 7.06. The van der Waals surface area contributed by atoms with Crippen molar-refractivity contribution in [3.63, 3.8) is 0 Å². The number of anilines is 2. The number of halogens is 1. The van der Waals surface area contributed by atoms with Crippen molar-refractivity contribution < 1.29 is 9.18 Å². The lowest BCUT2D eigenvalue weighted by Crippen LogP contribution is -2.35. The maximum Gasteiger partial charge on any atom is 0.258 e. The summed E-state index contributed by atoms with van der Waals surface area (Å²) in [5.74, 6) is -0.559. The highest BCUT2D eigenvalue weighted by Gasteiger charge is 2.24. The lowest BCUT2D eigenvalue weighted by atomic mass is 9.97. The molecule has 26 heavy (non-hydrogen) atoms. The third-order valence-electron chi connectivity index (χ3n) is 4.53. The van der Waals surface area contributed by atoms with E-state index >= 15 is 0 Å². The average molecular weight is 367 g/mol. The first-order chi connectivity index (χ1) is 12.7. The molecular weight excluding hydrogens is 349 g/mol. The van der Waals surface area contributed by atoms with E-state index in [2.05, 4.69) is 16.4 Å². The molecule has 132 valence electrons. The first-order valence-electron chi connectivity index (χ1n) is 8.50. The molecule has 1 aromatic heterocycles. The molecule has 4 rings (SSSR count). The van der Waals surface area contributed by atoms with E-state index in [0.717, 1.165) is 40.5 Å². The molecule has 1 aliphatic heterocycles. The summed E-state index contributed by atoms with van der Waals surface area (Å²) in [6, 6.07) is 11.9. The van der Waals surface area contributed by atoms with Crippen LogP contribution in [0.1, 0.15) is 22.3 Å². The van der Waals surface area contributed by atoms with Crippen molar-refractivity contribution in [2.75, 3.05) is 23.8 Å². The Labute approximate surface area is 155 Å². The first-order valence-corrected chi connectivity index (χ1v) is 9.37. The van der Waals surface area contributed by atoms with Gasteiger partial charge in [0.15, 0.2) is 5.13 Å². The van der Waals surface area contributed by atoms with Crippen LogP contribution in [0.5, 0.6) is 0 Å². The van der Waals surface area contributed by atoms with Gasteiger partial charge in [-0.2, -0.15) is 0 Å². The molecule has 4 nitrogen and oxygen atoms in total. The smallest absolute Gasteiger partial charge is 0.258 e. The number of carbonyl (C=O) groups is 1. The molecular formula is C20H18FN3OS. The lowest BCUT2D eigenvalue weighted by molar-refractivity contribution is 0.0984. The van der Waals surface area contributed by atoms with Gasteiger partial charge < -0.3 is 10.2 Å². The van der Waals surface area contributed by atoms with Crippen molar-refractivity contribution in [2.45, 2.75) is 12.8 Å². The number of amides is 1. The van der Waals surface area contributed by atoms with Crippen LogP contribution in [0.2, 0.25) is 0 Å². The minimum atomic E-state index is -0.396. The van der Waals surface area contributed by atoms with Gasteiger partial charge in [-0.3, -0.25) is 4.79 Å². The second-order valence-electron chi connectivity index (χ2n) is 6.20. The van der Waals surface area contributed by atoms with E-state index in [1.54, 1.807) is 28.4 Å². The Morgan fingerprint density at radius 1 is 1.27 bits per heavy atom. The summed E-state index contributed by atoms with van der Waals surface area (Å²) in [6.45, 7) is 0.641. The Kier molecular flexibility index (Phi) is 4.42. The Morgan fingerprint density at radius 3 is 2.92 bits per heavy atom. The standard InChI is InChI=1S/C20H18FN3OS/c1-22-20-23-17(12-26-20)13-7-8-18-14(10-13)5-3-9-24(18)19(25)15-4-2-6-16(21)11-15/h2,4,6-8,10-12H,3,5,9H2,1H3,(H,22,23). The highest BCUT2D eigenvalue weighted by Crippen LogP contribution is 2.33. The monoisotopic (exact) mass is 367 g/mol. The molecule has 0 atom stereocenters. The number of rotatable bonds is 3. The van der Waals surface area contributed by atoms with Gasteiger partial charge in [0.05, 0.1) is 5.69 Å². The Balaban J connectivity index is 1.67. The lowest BCUT2D eigenvalue weighted by Gasteiger charge is -2.30. The van der Waals surface area contributed by atoms with Crippen molar-refractivity contribution in [3.8, 4) is 11.3 Å². The van der Waals surface area contributed by atoms with Crippen LogP contribution >= 0.6 is 11.3 Å². The summed E-state index contributed by atoms with van der Waals surface area (Å²) >= 11 is 1.56. The SMILES string of the molecule is CNc1nc(-c2ccc3c(c2)CCCN3C(=O)c2cccc(F)c2)cs1. The quantitative estimate of drug-likeness (QED) is 0.737. The number of hydrogen-bond donors (Lipinski definition) is 1. The van der Waals surface area contributed by atoms with Crippen LogP contribution in [0.4, 0.5) is 15.2 Å². The van der Waals surface area contributed by atoms with Crippen LogP contribution in [-0.4, -0.2) is 24.5 Å². The largest absolute Gasteiger partial charge is 0.365 e. The predicted octanol–water partition coefficient (Wildman–Crippen LogP) is 4.58. The van der Waals surface area contributed by atoms with Crippen LogP contribution in [0.15, 0.2) is 47.8 Å². The van der Waals surface area contributed by atoms with Gasteiger partial charge in [0.25, 0.3) is 5.91 Å². The molecule has 0 unspecified atom stereocenters. The number of fused-ring (bicyclic) bond motifs is 1. The molecule has 2 heterocycles. The minimum Gasteiger partial charge on any atom is -0.365 e. The van der Waals surface area contributed by atoms with Crippen molar-refractivity contribution >= 4 is 28.1 Å². The molecule has 2 aromatic carbocycles. The number of aryl methyl sites for hydroxylation is 1. The number of hydrogen-bond acceptors (Lipinski definition) is 4. The zero-order valence-corrected chi connectivity index (χ0v) is 15.1. The van der Waals surface area contributed by atoms with Crippen LogP contribution in [0.25, 0.3) is 11.3 Å². The van der Waals surface area contributed by atoms with E-state index in [4.69, 9.17) is 0 Å². The molecule has 0 spiro atoms. The maximum absolute atomic E-state index is 13.5. The maximum atomic E-state index is 13.5. The van der Waals surface area contributed by atoms with Crippen LogP contribution in [0, 0.1) is 5.82 Å². The Bertz CT molecular complexity index is 969. The van der Waals surface area contributed by atoms with Gasteiger partial charge in [0.2, 0.25) is 0 Å². The molecule has 0 radical (unpaired) electrons. The second kappa shape index (κ2) is 6.88. The summed E-state index contributed by atoms with van der Waals surface area (Å²) in [5, 5.41) is 5.94. The van der Waals surface area contributed by atoms with Gasteiger partial charge >= 0.3 is 0 Å². The van der Waals surface area contributed by atoms with E-state index in [0.29, 0.717) is 12.1 Å². The summed E-state index contributed by atoms with van der Waals surface area (Å²) in [4.78, 5) is 19.1. The Morgan fingerprint density at radius 2 is 2.15 bits per heavy atom. The molecule has 0 bridgehead atoms. The van der Waals surface area contributed by atoms with Crippen molar-refractivity contribution in [2.24, 2.45) is 0 Å². The highest BCUT2D eigenvalue weighted by atomic mass is 32.1. The molecule has 0 fully saturated rings. The molecule has 6 heteroatoms. The third kappa shape index (κ3) is 3.08. The average Bonchev–Trinajstić information content (AvgIpc) is 3.16. The molecule has 1 N–H and O–H groups in total. The fourth-order valence-electron chi connectivity index (χ4n) is 3.27. The summed E-state index contributed by atoms with van der Waals surface area (Å²) in [7, 11) is 1.85. The minimum absolute atomic E-state index is 0.163. The van der Waals surface area contributed by atoms with Crippen molar-refractivity contribution in [3.05, 3.63) is 64.8 Å². The fourth-order valence-corrected chi connectivity index (χ4v) is 3.95. The van der Waals surface area contributed by atoms with E-state index in [9.17, 15) is 9.18 Å². The number of carbonyl (C=O) groups excluding carboxylic acids is 1. The van der Waals surface area contributed by atoms with E-state index < -0.39 is 5.82 Å². The van der Waals surface area contributed by atoms with Crippen LogP contribution in [-0.2, 0) is 6.42 Å². The van der Waals surface area contributed by atoms with Crippen molar-refractivity contribution in [1.29, 1.82) is 0 Å². The zero-order valence-electron chi connectivity index (χ0n) is 14.3. The van der Waals surface area contributed by atoms with Gasteiger partial charge in [-0.15, -0.1) is 11.3 Å². The van der Waals surface area contributed by atoms with E-state index in [1.807, 2.05) is 24.6 Å². The van der Waals surface area contributed by atoms with Gasteiger partial charge in [-0.05, 0) is 48.7 Å². The van der Waals surface area contributed by atoms with Crippen molar-refractivity contribution in [1.82, 2.24) is 4.98 Å². The van der Waals surface area contributed by atoms with Gasteiger partial charge in [0.1, 0.15) is 5.82 Å². The molecule has 0 saturated heterocycles. The van der Waals surface area contributed by atoms with E-state index in [-0.39, 0.29) is 5.91 Å². The van der Waals surface area contributed by atoms with Gasteiger partial charge in [0, 0.05) is 35.8 Å².